The van der Waals surface area contributed by atoms with Crippen molar-refractivity contribution in [2.24, 2.45) is 0 Å². The van der Waals surface area contributed by atoms with E-state index in [0.29, 0.717) is 16.7 Å². The Morgan fingerprint density at radius 3 is 2.62 bits per heavy atom. The van der Waals surface area contributed by atoms with Crippen LogP contribution in [0.4, 0.5) is 0 Å². The second-order valence-electron chi connectivity index (χ2n) is 5.21. The molecule has 5 heteroatoms. The number of benzene rings is 2. The lowest BCUT2D eigenvalue weighted by Crippen LogP contribution is -2.22. The Kier molecular flexibility index (Phi) is 4.13. The molecule has 1 atom stereocenters. The first-order valence-electron chi connectivity index (χ1n) is 7.24. The van der Waals surface area contributed by atoms with Gasteiger partial charge in [-0.15, -0.1) is 0 Å². The summed E-state index contributed by atoms with van der Waals surface area (Å²) in [4.78, 5) is 25.1. The molecule has 3 rings (SSSR count). The lowest BCUT2D eigenvalue weighted by molar-refractivity contribution is -0.141. The van der Waals surface area contributed by atoms with Gasteiger partial charge >= 0.3 is 5.97 Å². The van der Waals surface area contributed by atoms with Crippen LogP contribution < -0.4 is 5.43 Å². The Balaban J connectivity index is 2.25. The number of hydrogen-bond acceptors (Lipinski definition) is 5. The number of carbonyl (C=O) groups is 1. The van der Waals surface area contributed by atoms with Crippen molar-refractivity contribution < 1.29 is 13.9 Å². The minimum absolute atomic E-state index is 0.177. The van der Waals surface area contributed by atoms with Crippen molar-refractivity contribution in [1.29, 1.82) is 5.26 Å². The van der Waals surface area contributed by atoms with E-state index in [0.717, 1.165) is 0 Å². The highest BCUT2D eigenvalue weighted by Crippen LogP contribution is 2.25. The molecule has 1 unspecified atom stereocenters. The number of hydrogen-bond donors (Lipinski definition) is 0. The minimum Gasteiger partial charge on any atom is -0.468 e. The molecule has 0 radical (unpaired) electrons. The number of rotatable bonds is 3. The molecule has 2 aromatic carbocycles. The van der Waals surface area contributed by atoms with Gasteiger partial charge in [-0.25, -0.2) is 0 Å². The molecule has 5 nitrogen and oxygen atoms in total. The number of ether oxygens (including phenoxy) is 1. The van der Waals surface area contributed by atoms with Gasteiger partial charge in [0.1, 0.15) is 11.5 Å². The van der Waals surface area contributed by atoms with Crippen molar-refractivity contribution in [2.75, 3.05) is 7.11 Å². The monoisotopic (exact) mass is 319 g/mol. The van der Waals surface area contributed by atoms with Crippen molar-refractivity contribution in [2.45, 2.75) is 5.92 Å². The van der Waals surface area contributed by atoms with Crippen molar-refractivity contribution >= 4 is 16.9 Å². The molecule has 1 heterocycles. The molecule has 0 saturated heterocycles. The lowest BCUT2D eigenvalue weighted by atomic mass is 9.91. The second-order valence-corrected chi connectivity index (χ2v) is 5.21. The zero-order valence-electron chi connectivity index (χ0n) is 12.9. The van der Waals surface area contributed by atoms with Crippen LogP contribution in [0.25, 0.3) is 11.0 Å². The standard InChI is InChI=1S/C19H13NO4/c1-23-19(22)17(13-5-3-2-4-6-13)15-11-24-16-8-7-12(10-20)9-14(16)18(15)21/h2-9,11,17H,1H3. The molecule has 1 aromatic heterocycles. The van der Waals surface area contributed by atoms with E-state index in [-0.39, 0.29) is 16.4 Å². The van der Waals surface area contributed by atoms with Crippen LogP contribution in [-0.2, 0) is 9.53 Å². The third-order valence-electron chi connectivity index (χ3n) is 3.81. The van der Waals surface area contributed by atoms with Crippen molar-refractivity contribution in [3.05, 3.63) is 81.7 Å². The van der Waals surface area contributed by atoms with Crippen LogP contribution in [0.3, 0.4) is 0 Å². The average Bonchev–Trinajstić information content (AvgIpc) is 2.64. The SMILES string of the molecule is COC(=O)C(c1ccccc1)c1coc2ccc(C#N)cc2c1=O. The fourth-order valence-corrected chi connectivity index (χ4v) is 2.62. The number of methoxy groups -OCH3 is 1. The molecule has 0 spiro atoms. The molecule has 0 amide bonds. The topological polar surface area (TPSA) is 80.3 Å². The summed E-state index contributed by atoms with van der Waals surface area (Å²) in [5.74, 6) is -1.44. The normalized spacial score (nSPS) is 11.7. The summed E-state index contributed by atoms with van der Waals surface area (Å²) in [6.07, 6.45) is 1.28. The van der Waals surface area contributed by atoms with Gasteiger partial charge < -0.3 is 9.15 Å². The van der Waals surface area contributed by atoms with Gasteiger partial charge in [0.15, 0.2) is 5.43 Å². The van der Waals surface area contributed by atoms with Gasteiger partial charge in [-0.3, -0.25) is 9.59 Å². The van der Waals surface area contributed by atoms with E-state index in [1.807, 2.05) is 12.1 Å². The molecule has 0 aliphatic rings. The summed E-state index contributed by atoms with van der Waals surface area (Å²) in [5.41, 5.74) is 1.16. The van der Waals surface area contributed by atoms with Crippen LogP contribution >= 0.6 is 0 Å². The Hall–Kier alpha value is -3.39. The lowest BCUT2D eigenvalue weighted by Gasteiger charge is -2.14. The van der Waals surface area contributed by atoms with Gasteiger partial charge in [-0.1, -0.05) is 30.3 Å². The zero-order valence-corrected chi connectivity index (χ0v) is 12.9. The van der Waals surface area contributed by atoms with Crippen molar-refractivity contribution in [3.63, 3.8) is 0 Å². The van der Waals surface area contributed by atoms with Gasteiger partial charge in [0.2, 0.25) is 0 Å². The van der Waals surface area contributed by atoms with Gasteiger partial charge in [0.05, 0.1) is 36.0 Å². The van der Waals surface area contributed by atoms with E-state index in [1.54, 1.807) is 36.4 Å². The Labute approximate surface area is 137 Å². The second kappa shape index (κ2) is 6.39. The Bertz CT molecular complexity index is 999. The van der Waals surface area contributed by atoms with Crippen LogP contribution in [0.2, 0.25) is 0 Å². The fraction of sp³-hybridized carbons (Fsp3) is 0.105. The van der Waals surface area contributed by atoms with E-state index in [1.165, 1.54) is 19.4 Å². The van der Waals surface area contributed by atoms with E-state index in [2.05, 4.69) is 0 Å². The molecule has 118 valence electrons. The maximum absolute atomic E-state index is 12.9. The molecule has 0 bridgehead atoms. The van der Waals surface area contributed by atoms with E-state index in [9.17, 15) is 9.59 Å². The highest BCUT2D eigenvalue weighted by molar-refractivity contribution is 5.85. The van der Waals surface area contributed by atoms with Crippen LogP contribution in [0.15, 0.2) is 64.0 Å². The highest BCUT2D eigenvalue weighted by atomic mass is 16.5. The van der Waals surface area contributed by atoms with E-state index < -0.39 is 11.9 Å². The maximum atomic E-state index is 12.9. The van der Waals surface area contributed by atoms with Gasteiger partial charge in [-0.2, -0.15) is 5.26 Å². The molecular weight excluding hydrogens is 306 g/mol. The molecule has 0 fully saturated rings. The minimum atomic E-state index is -0.886. The van der Waals surface area contributed by atoms with Gasteiger partial charge in [-0.05, 0) is 23.8 Å². The summed E-state index contributed by atoms with van der Waals surface area (Å²) in [6.45, 7) is 0. The molecule has 0 saturated carbocycles. The summed E-state index contributed by atoms with van der Waals surface area (Å²) < 4.78 is 10.4. The fourth-order valence-electron chi connectivity index (χ4n) is 2.62. The number of nitrogens with zero attached hydrogens (tertiary/aromatic N) is 1. The Morgan fingerprint density at radius 2 is 1.96 bits per heavy atom. The smallest absolute Gasteiger partial charge is 0.317 e. The Morgan fingerprint density at radius 1 is 1.21 bits per heavy atom. The van der Waals surface area contributed by atoms with Crippen LogP contribution in [0, 0.1) is 11.3 Å². The van der Waals surface area contributed by atoms with Crippen LogP contribution in [0.5, 0.6) is 0 Å². The number of esters is 1. The maximum Gasteiger partial charge on any atom is 0.317 e. The summed E-state index contributed by atoms with van der Waals surface area (Å²) in [6, 6.07) is 15.5. The molecule has 24 heavy (non-hydrogen) atoms. The first kappa shape index (κ1) is 15.5. The first-order valence-corrected chi connectivity index (χ1v) is 7.24. The highest BCUT2D eigenvalue weighted by Gasteiger charge is 2.27. The van der Waals surface area contributed by atoms with Gasteiger partial charge in [0.25, 0.3) is 0 Å². The van der Waals surface area contributed by atoms with E-state index >= 15 is 0 Å². The van der Waals surface area contributed by atoms with E-state index in [4.69, 9.17) is 14.4 Å². The number of nitriles is 1. The third-order valence-corrected chi connectivity index (χ3v) is 3.81. The number of fused-ring (bicyclic) bond motifs is 1. The third kappa shape index (κ3) is 2.66. The summed E-state index contributed by atoms with van der Waals surface area (Å²) in [5, 5.41) is 9.27. The van der Waals surface area contributed by atoms with Crippen LogP contribution in [-0.4, -0.2) is 13.1 Å². The predicted octanol–water partition coefficient (Wildman–Crippen LogP) is 2.97. The molecular formula is C19H13NO4. The zero-order chi connectivity index (χ0) is 17.1. The molecule has 3 aromatic rings. The van der Waals surface area contributed by atoms with Crippen molar-refractivity contribution in [1.82, 2.24) is 0 Å². The quantitative estimate of drug-likeness (QED) is 0.693. The summed E-state index contributed by atoms with van der Waals surface area (Å²) in [7, 11) is 1.27. The summed E-state index contributed by atoms with van der Waals surface area (Å²) >= 11 is 0. The number of carbonyl (C=O) groups excluding carboxylic acids is 1. The first-order chi connectivity index (χ1) is 11.7. The van der Waals surface area contributed by atoms with Crippen molar-refractivity contribution in [3.8, 4) is 6.07 Å². The molecule has 0 aliphatic carbocycles. The molecule has 0 aliphatic heterocycles. The molecule has 0 N–H and O–H groups in total. The predicted molar refractivity (Wildman–Crippen MR) is 87.5 cm³/mol. The largest absolute Gasteiger partial charge is 0.468 e. The average molecular weight is 319 g/mol. The van der Waals surface area contributed by atoms with Gasteiger partial charge in [0, 0.05) is 0 Å². The van der Waals surface area contributed by atoms with Crippen LogP contribution in [0.1, 0.15) is 22.6 Å².